The van der Waals surface area contributed by atoms with Gasteiger partial charge in [0, 0.05) is 40.3 Å². The number of aromatic nitrogens is 1. The molecule has 3 aromatic carbocycles. The fourth-order valence-electron chi connectivity index (χ4n) is 3.82. The summed E-state index contributed by atoms with van der Waals surface area (Å²) in [5.41, 5.74) is 4.90. The lowest BCUT2D eigenvalue weighted by Gasteiger charge is -2.23. The van der Waals surface area contributed by atoms with Gasteiger partial charge in [-0.2, -0.15) is 0 Å². The maximum atomic E-state index is 13.7. The lowest BCUT2D eigenvalue weighted by molar-refractivity contribution is 0.595. The second-order valence-corrected chi connectivity index (χ2v) is 11.1. The van der Waals surface area contributed by atoms with E-state index in [-0.39, 0.29) is 4.90 Å². The minimum atomic E-state index is -3.77. The molecule has 4 rings (SSSR count). The molecule has 0 saturated carbocycles. The van der Waals surface area contributed by atoms with Crippen molar-refractivity contribution in [1.82, 2.24) is 4.57 Å². The number of fused-ring (bicyclic) bond motifs is 1. The van der Waals surface area contributed by atoms with Crippen molar-refractivity contribution in [3.8, 4) is 0 Å². The standard InChI is InChI=1S/C26H25IN2O2S/c1-19-12-14-23(15-13-19)32(30,31)29(25-10-6-4-8-20(25)2)18-22(27)16-21-17-28(3)26-11-7-5-9-24(21)26/h4-15,17-18H,16H2,1-3H3/b22-18-. The Hall–Kier alpha value is -2.58. The third kappa shape index (κ3) is 4.47. The van der Waals surface area contributed by atoms with Crippen LogP contribution in [-0.2, 0) is 23.5 Å². The molecule has 1 aromatic heterocycles. The average molecular weight is 556 g/mol. The maximum absolute atomic E-state index is 13.7. The maximum Gasteiger partial charge on any atom is 0.268 e. The number of hydrogen-bond acceptors (Lipinski definition) is 2. The largest absolute Gasteiger partial charge is 0.350 e. The highest BCUT2D eigenvalue weighted by Gasteiger charge is 2.25. The number of nitrogens with zero attached hydrogens (tertiary/aromatic N) is 2. The van der Waals surface area contributed by atoms with Crippen LogP contribution in [0.3, 0.4) is 0 Å². The normalized spacial score (nSPS) is 12.3. The van der Waals surface area contributed by atoms with Crippen molar-refractivity contribution in [1.29, 1.82) is 0 Å². The quantitative estimate of drug-likeness (QED) is 0.254. The van der Waals surface area contributed by atoms with Crippen molar-refractivity contribution < 1.29 is 8.42 Å². The zero-order chi connectivity index (χ0) is 22.9. The second kappa shape index (κ2) is 9.11. The Morgan fingerprint density at radius 1 is 0.969 bits per heavy atom. The molecule has 4 nitrogen and oxygen atoms in total. The van der Waals surface area contributed by atoms with Gasteiger partial charge in [-0.1, -0.05) is 54.1 Å². The first-order valence-corrected chi connectivity index (χ1v) is 12.8. The number of para-hydroxylation sites is 2. The van der Waals surface area contributed by atoms with E-state index in [4.69, 9.17) is 0 Å². The van der Waals surface area contributed by atoms with E-state index in [9.17, 15) is 8.42 Å². The lowest BCUT2D eigenvalue weighted by atomic mass is 10.1. The Morgan fingerprint density at radius 3 is 2.34 bits per heavy atom. The van der Waals surface area contributed by atoms with Crippen LogP contribution in [0.5, 0.6) is 0 Å². The number of halogens is 1. The van der Waals surface area contributed by atoms with Crippen LogP contribution in [0.2, 0.25) is 0 Å². The molecule has 0 aliphatic heterocycles. The molecule has 0 fully saturated rings. The van der Waals surface area contributed by atoms with Crippen LogP contribution in [0, 0.1) is 13.8 Å². The number of rotatable bonds is 6. The minimum absolute atomic E-state index is 0.275. The summed E-state index contributed by atoms with van der Waals surface area (Å²) < 4.78 is 31.8. The molecule has 0 unspecified atom stereocenters. The van der Waals surface area contributed by atoms with Gasteiger partial charge in [0.25, 0.3) is 10.0 Å². The Bertz CT molecular complexity index is 1400. The highest BCUT2D eigenvalue weighted by Crippen LogP contribution is 2.31. The molecule has 0 aliphatic rings. The van der Waals surface area contributed by atoms with Crippen LogP contribution in [0.1, 0.15) is 16.7 Å². The summed E-state index contributed by atoms with van der Waals surface area (Å²) in [4.78, 5) is 0.275. The summed E-state index contributed by atoms with van der Waals surface area (Å²) in [6, 6.07) is 22.8. The van der Waals surface area contributed by atoms with Crippen molar-refractivity contribution in [3.63, 3.8) is 0 Å². The molecular formula is C26H25IN2O2S. The molecule has 0 amide bonds. The monoisotopic (exact) mass is 556 g/mol. The second-order valence-electron chi connectivity index (χ2n) is 7.94. The van der Waals surface area contributed by atoms with Gasteiger partial charge in [-0.15, -0.1) is 0 Å². The molecule has 0 bridgehead atoms. The third-order valence-corrected chi connectivity index (χ3v) is 7.87. The number of hydrogen-bond donors (Lipinski definition) is 0. The van der Waals surface area contributed by atoms with Crippen molar-refractivity contribution in [2.75, 3.05) is 4.31 Å². The van der Waals surface area contributed by atoms with E-state index in [2.05, 4.69) is 45.5 Å². The summed E-state index contributed by atoms with van der Waals surface area (Å²) >= 11 is 2.25. The van der Waals surface area contributed by atoms with Gasteiger partial charge in [-0.3, -0.25) is 0 Å². The van der Waals surface area contributed by atoms with E-state index in [1.807, 2.05) is 69.4 Å². The molecule has 0 saturated heterocycles. The molecule has 164 valence electrons. The predicted octanol–water partition coefficient (Wildman–Crippen LogP) is 6.51. The fourth-order valence-corrected chi connectivity index (χ4v) is 6.14. The van der Waals surface area contributed by atoms with E-state index in [0.717, 1.165) is 20.2 Å². The molecule has 32 heavy (non-hydrogen) atoms. The smallest absolute Gasteiger partial charge is 0.268 e. The summed E-state index contributed by atoms with van der Waals surface area (Å²) in [5, 5.41) is 1.18. The number of sulfonamides is 1. The Kier molecular flexibility index (Phi) is 6.44. The molecule has 0 radical (unpaired) electrons. The van der Waals surface area contributed by atoms with Gasteiger partial charge < -0.3 is 4.57 Å². The zero-order valence-electron chi connectivity index (χ0n) is 18.3. The van der Waals surface area contributed by atoms with Gasteiger partial charge in [0.2, 0.25) is 0 Å². The number of benzene rings is 3. The summed E-state index contributed by atoms with van der Waals surface area (Å²) in [7, 11) is -1.74. The summed E-state index contributed by atoms with van der Waals surface area (Å²) in [6.45, 7) is 3.88. The van der Waals surface area contributed by atoms with E-state index >= 15 is 0 Å². The van der Waals surface area contributed by atoms with Gasteiger partial charge in [0.05, 0.1) is 10.6 Å². The molecule has 0 spiro atoms. The van der Waals surface area contributed by atoms with Gasteiger partial charge in [0.1, 0.15) is 0 Å². The topological polar surface area (TPSA) is 42.3 Å². The van der Waals surface area contributed by atoms with E-state index < -0.39 is 10.0 Å². The zero-order valence-corrected chi connectivity index (χ0v) is 21.3. The highest BCUT2D eigenvalue weighted by atomic mass is 127. The first kappa shape index (κ1) is 22.6. The first-order chi connectivity index (χ1) is 15.3. The van der Waals surface area contributed by atoms with Crippen LogP contribution in [0.4, 0.5) is 5.69 Å². The molecule has 1 heterocycles. The molecule has 6 heteroatoms. The number of anilines is 1. The van der Waals surface area contributed by atoms with Crippen molar-refractivity contribution in [2.24, 2.45) is 7.05 Å². The van der Waals surface area contributed by atoms with Crippen LogP contribution in [-0.4, -0.2) is 13.0 Å². The van der Waals surface area contributed by atoms with Gasteiger partial charge in [-0.25, -0.2) is 12.7 Å². The van der Waals surface area contributed by atoms with Gasteiger partial charge in [0.15, 0.2) is 0 Å². The molecule has 0 atom stereocenters. The van der Waals surface area contributed by atoms with Crippen molar-refractivity contribution in [2.45, 2.75) is 25.2 Å². The molecule has 0 aliphatic carbocycles. The van der Waals surface area contributed by atoms with E-state index in [0.29, 0.717) is 12.1 Å². The van der Waals surface area contributed by atoms with Crippen molar-refractivity contribution >= 4 is 49.2 Å². The average Bonchev–Trinajstić information content (AvgIpc) is 3.08. The Labute approximate surface area is 203 Å². The summed E-state index contributed by atoms with van der Waals surface area (Å²) in [6.07, 6.45) is 4.51. The fraction of sp³-hybridized carbons (Fsp3) is 0.154. The lowest BCUT2D eigenvalue weighted by Crippen LogP contribution is -2.26. The number of aryl methyl sites for hydroxylation is 3. The van der Waals surface area contributed by atoms with Crippen LogP contribution in [0.25, 0.3) is 10.9 Å². The summed E-state index contributed by atoms with van der Waals surface area (Å²) in [5.74, 6) is 0. The van der Waals surface area contributed by atoms with Gasteiger partial charge >= 0.3 is 0 Å². The minimum Gasteiger partial charge on any atom is -0.350 e. The number of allylic oxidation sites excluding steroid dienone is 1. The molecular weight excluding hydrogens is 531 g/mol. The SMILES string of the molecule is Cc1ccc(S(=O)(=O)N(/C=C(\I)Cc2cn(C)c3ccccc23)c2ccccc2C)cc1. The van der Waals surface area contributed by atoms with Crippen LogP contribution in [0.15, 0.2) is 93.7 Å². The molecule has 4 aromatic rings. The predicted molar refractivity (Wildman–Crippen MR) is 141 cm³/mol. The Morgan fingerprint density at radius 2 is 1.62 bits per heavy atom. The molecule has 0 N–H and O–H groups in total. The third-order valence-electron chi connectivity index (χ3n) is 5.53. The van der Waals surface area contributed by atoms with Crippen LogP contribution >= 0.6 is 22.6 Å². The highest BCUT2D eigenvalue weighted by molar-refractivity contribution is 14.1. The Balaban J connectivity index is 1.78. The van der Waals surface area contributed by atoms with Gasteiger partial charge in [-0.05, 0) is 71.8 Å². The van der Waals surface area contributed by atoms with Crippen LogP contribution < -0.4 is 4.31 Å². The van der Waals surface area contributed by atoms with E-state index in [1.165, 1.54) is 15.3 Å². The van der Waals surface area contributed by atoms with E-state index in [1.54, 1.807) is 18.3 Å². The van der Waals surface area contributed by atoms with Crippen molar-refractivity contribution in [3.05, 3.63) is 105 Å². The first-order valence-electron chi connectivity index (χ1n) is 10.3.